The van der Waals surface area contributed by atoms with E-state index >= 15 is 0 Å². The average molecular weight is 447 g/mol. The number of unbranched alkanes of at least 4 members (excludes halogenated alkanes) is 1. The second-order valence-corrected chi connectivity index (χ2v) is 9.69. The molecule has 0 radical (unpaired) electrons. The average Bonchev–Trinajstić information content (AvgIpc) is 2.75. The fraction of sp³-hybridized carbons (Fsp3) is 0.480. The largest absolute Gasteiger partial charge is 0.350 e. The number of halogens is 1. The number of hydrogen-bond acceptors (Lipinski definition) is 4. The molecule has 0 bridgehead atoms. The van der Waals surface area contributed by atoms with Crippen LogP contribution in [0.15, 0.2) is 53.4 Å². The van der Waals surface area contributed by atoms with Gasteiger partial charge in [0.15, 0.2) is 11.6 Å². The highest BCUT2D eigenvalue weighted by Gasteiger charge is 2.28. The van der Waals surface area contributed by atoms with E-state index in [0.717, 1.165) is 50.0 Å². The van der Waals surface area contributed by atoms with Crippen LogP contribution in [0.2, 0.25) is 5.02 Å². The van der Waals surface area contributed by atoms with Gasteiger partial charge in [-0.25, -0.2) is 0 Å². The third-order valence-electron chi connectivity index (χ3n) is 5.65. The molecule has 1 aliphatic heterocycles. The Kier molecular flexibility index (Phi) is 8.41. The van der Waals surface area contributed by atoms with Gasteiger partial charge < -0.3 is 9.47 Å². The minimum Gasteiger partial charge on any atom is -0.350 e. The topological polar surface area (TPSA) is 35.5 Å². The molecule has 0 amide bonds. The zero-order valence-corrected chi connectivity index (χ0v) is 19.6. The van der Waals surface area contributed by atoms with Gasteiger partial charge in [0.05, 0.1) is 13.2 Å². The summed E-state index contributed by atoms with van der Waals surface area (Å²) < 4.78 is 11.5. The minimum absolute atomic E-state index is 0.139. The van der Waals surface area contributed by atoms with E-state index < -0.39 is 5.79 Å². The number of carbonyl (C=O) groups excluding carboxylic acids is 1. The fourth-order valence-corrected chi connectivity index (χ4v) is 4.31. The highest BCUT2D eigenvalue weighted by molar-refractivity contribution is 7.98. The Labute approximate surface area is 189 Å². The van der Waals surface area contributed by atoms with Crippen molar-refractivity contribution in [2.75, 3.05) is 19.5 Å². The van der Waals surface area contributed by atoms with Crippen LogP contribution in [0.25, 0.3) is 0 Å². The van der Waals surface area contributed by atoms with Crippen molar-refractivity contribution in [3.05, 3.63) is 64.7 Å². The van der Waals surface area contributed by atoms with Crippen molar-refractivity contribution in [3.63, 3.8) is 0 Å². The quantitative estimate of drug-likeness (QED) is 0.236. The Morgan fingerprint density at radius 2 is 1.70 bits per heavy atom. The molecule has 0 aromatic heterocycles. The molecule has 1 fully saturated rings. The van der Waals surface area contributed by atoms with Crippen LogP contribution in [0.1, 0.15) is 61.4 Å². The molecule has 30 heavy (non-hydrogen) atoms. The zero-order chi connectivity index (χ0) is 21.6. The van der Waals surface area contributed by atoms with Crippen molar-refractivity contribution in [2.24, 2.45) is 5.92 Å². The number of thioether (sulfide) groups is 1. The second-order valence-electron chi connectivity index (χ2n) is 8.37. The minimum atomic E-state index is -0.463. The third kappa shape index (κ3) is 6.58. The van der Waals surface area contributed by atoms with Crippen LogP contribution in [0, 0.1) is 5.92 Å². The van der Waals surface area contributed by atoms with Crippen LogP contribution in [0.4, 0.5) is 0 Å². The van der Waals surface area contributed by atoms with Gasteiger partial charge in [0.1, 0.15) is 0 Å². The molecule has 3 rings (SSSR count). The van der Waals surface area contributed by atoms with Crippen molar-refractivity contribution in [1.82, 2.24) is 0 Å². The lowest BCUT2D eigenvalue weighted by Crippen LogP contribution is -2.39. The molecule has 1 saturated heterocycles. The number of ether oxygens (including phenoxy) is 2. The van der Waals surface area contributed by atoms with Crippen LogP contribution in [-0.2, 0) is 9.47 Å². The Morgan fingerprint density at radius 1 is 1.07 bits per heavy atom. The third-order valence-corrected chi connectivity index (χ3v) is 6.65. The molecule has 0 N–H and O–H groups in total. The monoisotopic (exact) mass is 446 g/mol. The molecule has 0 spiro atoms. The Morgan fingerprint density at radius 3 is 2.30 bits per heavy atom. The van der Waals surface area contributed by atoms with Crippen molar-refractivity contribution in [3.8, 4) is 0 Å². The molecule has 2 aromatic rings. The normalized spacial score (nSPS) is 17.6. The Bertz CT molecular complexity index is 807. The first kappa shape index (κ1) is 23.3. The summed E-state index contributed by atoms with van der Waals surface area (Å²) in [5.41, 5.74) is 1.80. The SMILES string of the molecule is CSc1ccc(C(CCCCC2COC(C)(C)OC2)C(=O)c2ccc(Cl)cc2)cc1. The van der Waals surface area contributed by atoms with Gasteiger partial charge in [0.2, 0.25) is 0 Å². The standard InChI is InChI=1S/C25H31ClO3S/c1-25(2)28-16-18(17-29-25)6-4-5-7-23(19-10-14-22(30-3)15-11-19)24(27)20-8-12-21(26)13-9-20/h8-15,18,23H,4-7,16-17H2,1-3H3. The summed E-state index contributed by atoms with van der Waals surface area (Å²) in [7, 11) is 0. The van der Waals surface area contributed by atoms with Gasteiger partial charge in [0, 0.05) is 27.3 Å². The predicted molar refractivity (Wildman–Crippen MR) is 125 cm³/mol. The van der Waals surface area contributed by atoms with E-state index in [9.17, 15) is 4.79 Å². The molecular weight excluding hydrogens is 416 g/mol. The molecule has 1 unspecified atom stereocenters. The van der Waals surface area contributed by atoms with Crippen LogP contribution >= 0.6 is 23.4 Å². The first-order valence-corrected chi connectivity index (χ1v) is 12.2. The highest BCUT2D eigenvalue weighted by Crippen LogP contribution is 2.30. The van der Waals surface area contributed by atoms with Crippen LogP contribution in [0.3, 0.4) is 0 Å². The van der Waals surface area contributed by atoms with Gasteiger partial charge in [-0.3, -0.25) is 4.79 Å². The summed E-state index contributed by atoms with van der Waals surface area (Å²) >= 11 is 7.72. The van der Waals surface area contributed by atoms with Crippen molar-refractivity contribution in [1.29, 1.82) is 0 Å². The summed E-state index contributed by atoms with van der Waals surface area (Å²) in [4.78, 5) is 14.5. The second kappa shape index (κ2) is 10.8. The number of Topliss-reactive ketones (excluding diaryl/α,β-unsaturated/α-hetero) is 1. The van der Waals surface area contributed by atoms with E-state index in [1.165, 1.54) is 4.90 Å². The molecule has 1 heterocycles. The lowest BCUT2D eigenvalue weighted by atomic mass is 9.86. The van der Waals surface area contributed by atoms with Gasteiger partial charge in [-0.2, -0.15) is 0 Å². The molecule has 0 aliphatic carbocycles. The van der Waals surface area contributed by atoms with Crippen molar-refractivity contribution in [2.45, 2.75) is 56.1 Å². The number of hydrogen-bond donors (Lipinski definition) is 0. The number of carbonyl (C=O) groups is 1. The smallest absolute Gasteiger partial charge is 0.170 e. The molecule has 1 aliphatic rings. The first-order chi connectivity index (χ1) is 14.4. The molecule has 0 saturated carbocycles. The summed E-state index contributed by atoms with van der Waals surface area (Å²) in [6.45, 7) is 5.41. The maximum absolute atomic E-state index is 13.3. The van der Waals surface area contributed by atoms with Crippen LogP contribution in [-0.4, -0.2) is 31.0 Å². The Hall–Kier alpha value is -1.33. The van der Waals surface area contributed by atoms with E-state index in [0.29, 0.717) is 10.9 Å². The number of rotatable bonds is 9. The predicted octanol–water partition coefficient (Wildman–Crippen LogP) is 6.99. The molecular formula is C25H31ClO3S. The van der Waals surface area contributed by atoms with E-state index in [1.54, 1.807) is 23.9 Å². The summed E-state index contributed by atoms with van der Waals surface area (Å²) in [6.07, 6.45) is 6.01. The van der Waals surface area contributed by atoms with E-state index in [1.807, 2.05) is 26.0 Å². The lowest BCUT2D eigenvalue weighted by molar-refractivity contribution is -0.262. The van der Waals surface area contributed by atoms with Gasteiger partial charge in [0.25, 0.3) is 0 Å². The maximum Gasteiger partial charge on any atom is 0.170 e. The van der Waals surface area contributed by atoms with Gasteiger partial charge in [-0.05, 0) is 74.9 Å². The maximum atomic E-state index is 13.3. The Balaban J connectivity index is 1.62. The van der Waals surface area contributed by atoms with E-state index in [4.69, 9.17) is 21.1 Å². The highest BCUT2D eigenvalue weighted by atomic mass is 35.5. The van der Waals surface area contributed by atoms with E-state index in [-0.39, 0.29) is 11.7 Å². The van der Waals surface area contributed by atoms with Gasteiger partial charge >= 0.3 is 0 Å². The zero-order valence-electron chi connectivity index (χ0n) is 18.0. The first-order valence-electron chi connectivity index (χ1n) is 10.6. The molecule has 162 valence electrons. The molecule has 2 aromatic carbocycles. The van der Waals surface area contributed by atoms with Crippen LogP contribution < -0.4 is 0 Å². The molecule has 3 nitrogen and oxygen atoms in total. The number of ketones is 1. The van der Waals surface area contributed by atoms with Crippen molar-refractivity contribution >= 4 is 29.1 Å². The summed E-state index contributed by atoms with van der Waals surface area (Å²) in [6, 6.07) is 15.6. The fourth-order valence-electron chi connectivity index (χ4n) is 3.78. The molecule has 1 atom stereocenters. The van der Waals surface area contributed by atoms with Gasteiger partial charge in [-0.15, -0.1) is 11.8 Å². The van der Waals surface area contributed by atoms with Gasteiger partial charge in [-0.1, -0.05) is 36.6 Å². The van der Waals surface area contributed by atoms with Crippen LogP contribution in [0.5, 0.6) is 0 Å². The summed E-state index contributed by atoms with van der Waals surface area (Å²) in [5, 5.41) is 0.646. The molecule has 5 heteroatoms. The van der Waals surface area contributed by atoms with E-state index in [2.05, 4.69) is 30.5 Å². The number of benzene rings is 2. The lowest BCUT2D eigenvalue weighted by Gasteiger charge is -2.35. The summed E-state index contributed by atoms with van der Waals surface area (Å²) in [5.74, 6) is -0.00552. The van der Waals surface area contributed by atoms with Crippen molar-refractivity contribution < 1.29 is 14.3 Å².